The van der Waals surface area contributed by atoms with Crippen LogP contribution in [0.3, 0.4) is 0 Å². The van der Waals surface area contributed by atoms with E-state index in [1.807, 2.05) is 25.1 Å². The summed E-state index contributed by atoms with van der Waals surface area (Å²) >= 11 is 6.02. The van der Waals surface area contributed by atoms with Crippen LogP contribution in [0.1, 0.15) is 11.3 Å². The summed E-state index contributed by atoms with van der Waals surface area (Å²) in [6.45, 7) is 2.01. The Morgan fingerprint density at radius 2 is 1.95 bits per heavy atom. The number of rotatable bonds is 1. The summed E-state index contributed by atoms with van der Waals surface area (Å²) in [5.74, 6) is -0.206. The Balaban J connectivity index is 1.84. The number of fused-ring (bicyclic) bond motifs is 2. The zero-order chi connectivity index (χ0) is 15.3. The van der Waals surface area contributed by atoms with E-state index < -0.39 is 0 Å². The van der Waals surface area contributed by atoms with Gasteiger partial charge in [-0.2, -0.15) is 0 Å². The second-order valence-corrected chi connectivity index (χ2v) is 5.76. The summed E-state index contributed by atoms with van der Waals surface area (Å²) in [7, 11) is 0. The molecule has 1 aliphatic rings. The Kier molecular flexibility index (Phi) is 2.81. The lowest BCUT2D eigenvalue weighted by molar-refractivity contribution is -0.110. The molecule has 0 bridgehead atoms. The number of carbonyl (C=O) groups excluding carboxylic acids is 1. The van der Waals surface area contributed by atoms with Crippen LogP contribution in [-0.2, 0) is 4.79 Å². The molecule has 1 amide bonds. The third-order valence-corrected chi connectivity index (χ3v) is 3.92. The van der Waals surface area contributed by atoms with Crippen molar-refractivity contribution in [3.8, 4) is 0 Å². The highest BCUT2D eigenvalue weighted by atomic mass is 35.5. The van der Waals surface area contributed by atoms with Gasteiger partial charge < -0.3 is 10.3 Å². The molecule has 5 heteroatoms. The van der Waals surface area contributed by atoms with Crippen molar-refractivity contribution in [1.82, 2.24) is 4.98 Å². The number of amides is 1. The predicted octanol–water partition coefficient (Wildman–Crippen LogP) is 4.20. The minimum atomic E-state index is -0.206. The first-order valence-corrected chi connectivity index (χ1v) is 7.27. The Hall–Kier alpha value is -2.59. The van der Waals surface area contributed by atoms with E-state index in [4.69, 9.17) is 11.6 Å². The van der Waals surface area contributed by atoms with E-state index in [-0.39, 0.29) is 5.91 Å². The molecular formula is C17H12ClN3O. The van der Waals surface area contributed by atoms with E-state index in [1.165, 1.54) is 0 Å². The quantitative estimate of drug-likeness (QED) is 0.695. The van der Waals surface area contributed by atoms with Crippen molar-refractivity contribution in [2.75, 3.05) is 5.32 Å². The Morgan fingerprint density at radius 3 is 2.82 bits per heavy atom. The highest BCUT2D eigenvalue weighted by molar-refractivity contribution is 6.54. The molecule has 4 nitrogen and oxygen atoms in total. The summed E-state index contributed by atoms with van der Waals surface area (Å²) in [4.78, 5) is 19.9. The van der Waals surface area contributed by atoms with Crippen molar-refractivity contribution >= 4 is 45.5 Å². The van der Waals surface area contributed by atoms with Crippen molar-refractivity contribution in [2.24, 2.45) is 4.99 Å². The number of benzene rings is 2. The number of aromatic nitrogens is 1. The van der Waals surface area contributed by atoms with Crippen LogP contribution in [0.5, 0.6) is 0 Å². The molecule has 1 aromatic heterocycles. The van der Waals surface area contributed by atoms with Gasteiger partial charge in [-0.05, 0) is 49.4 Å². The fourth-order valence-electron chi connectivity index (χ4n) is 2.70. The van der Waals surface area contributed by atoms with E-state index in [0.29, 0.717) is 10.7 Å². The molecule has 0 saturated heterocycles. The van der Waals surface area contributed by atoms with E-state index >= 15 is 0 Å². The van der Waals surface area contributed by atoms with Gasteiger partial charge in [0, 0.05) is 27.2 Å². The largest absolute Gasteiger partial charge is 0.359 e. The lowest BCUT2D eigenvalue weighted by Gasteiger charge is -1.99. The van der Waals surface area contributed by atoms with Crippen LogP contribution in [0.4, 0.5) is 11.4 Å². The van der Waals surface area contributed by atoms with Crippen LogP contribution < -0.4 is 5.32 Å². The van der Waals surface area contributed by atoms with E-state index in [1.54, 1.807) is 18.2 Å². The number of halogens is 1. The molecule has 2 heterocycles. The van der Waals surface area contributed by atoms with Gasteiger partial charge in [0.05, 0.1) is 11.4 Å². The van der Waals surface area contributed by atoms with Crippen molar-refractivity contribution in [1.29, 1.82) is 0 Å². The second kappa shape index (κ2) is 4.71. The minimum absolute atomic E-state index is 0.206. The van der Waals surface area contributed by atoms with Gasteiger partial charge in [0.25, 0.3) is 5.91 Å². The maximum absolute atomic E-state index is 12.1. The summed E-state index contributed by atoms with van der Waals surface area (Å²) < 4.78 is 0. The fraction of sp³-hybridized carbons (Fsp3) is 0.0588. The number of nitrogens with zero attached hydrogens (tertiary/aromatic N) is 1. The van der Waals surface area contributed by atoms with Gasteiger partial charge >= 0.3 is 0 Å². The molecule has 4 rings (SSSR count). The van der Waals surface area contributed by atoms with Gasteiger partial charge in [-0.25, -0.2) is 4.99 Å². The van der Waals surface area contributed by atoms with Crippen molar-refractivity contribution in [3.05, 3.63) is 58.7 Å². The number of hydrogen-bond donors (Lipinski definition) is 2. The monoisotopic (exact) mass is 309 g/mol. The van der Waals surface area contributed by atoms with E-state index in [0.717, 1.165) is 33.5 Å². The summed E-state index contributed by atoms with van der Waals surface area (Å²) in [6, 6.07) is 13.2. The van der Waals surface area contributed by atoms with Crippen molar-refractivity contribution in [2.45, 2.75) is 6.92 Å². The lowest BCUT2D eigenvalue weighted by atomic mass is 10.1. The van der Waals surface area contributed by atoms with Crippen molar-refractivity contribution < 1.29 is 4.79 Å². The maximum atomic E-state index is 12.1. The molecule has 0 aliphatic carbocycles. The molecule has 1 aliphatic heterocycles. The molecule has 2 N–H and O–H groups in total. The van der Waals surface area contributed by atoms with Gasteiger partial charge in [-0.1, -0.05) is 11.6 Å². The normalized spacial score (nSPS) is 15.4. The highest BCUT2D eigenvalue weighted by Gasteiger charge is 2.26. The first-order chi connectivity index (χ1) is 10.6. The van der Waals surface area contributed by atoms with Gasteiger partial charge in [0.15, 0.2) is 0 Å². The molecule has 3 aromatic rings. The number of anilines is 1. The topological polar surface area (TPSA) is 57.2 Å². The van der Waals surface area contributed by atoms with Crippen LogP contribution in [0.15, 0.2) is 47.5 Å². The Bertz CT molecular complexity index is 956. The highest BCUT2D eigenvalue weighted by Crippen LogP contribution is 2.29. The first-order valence-electron chi connectivity index (χ1n) is 6.89. The SMILES string of the molecule is Cc1cc2cc(N=C3C(=O)Nc4ccc(Cl)cc43)ccc2[nH]1. The molecule has 0 atom stereocenters. The molecule has 2 aromatic carbocycles. The number of hydrogen-bond acceptors (Lipinski definition) is 2. The van der Waals surface area contributed by atoms with Gasteiger partial charge in [-0.3, -0.25) is 4.79 Å². The maximum Gasteiger partial charge on any atom is 0.275 e. The van der Waals surface area contributed by atoms with Crippen LogP contribution in [-0.4, -0.2) is 16.6 Å². The number of nitrogens with one attached hydrogen (secondary N) is 2. The number of aromatic amines is 1. The molecule has 0 saturated carbocycles. The summed E-state index contributed by atoms with van der Waals surface area (Å²) in [5, 5.41) is 4.46. The van der Waals surface area contributed by atoms with Crippen LogP contribution in [0.25, 0.3) is 10.9 Å². The number of H-pyrrole nitrogens is 1. The van der Waals surface area contributed by atoms with Crippen LogP contribution in [0, 0.1) is 6.92 Å². The van der Waals surface area contributed by atoms with E-state index in [2.05, 4.69) is 21.4 Å². The number of carbonyl (C=O) groups is 1. The first kappa shape index (κ1) is 13.1. The average molecular weight is 310 g/mol. The van der Waals surface area contributed by atoms with Crippen LogP contribution >= 0.6 is 11.6 Å². The third kappa shape index (κ3) is 2.09. The van der Waals surface area contributed by atoms with Gasteiger partial charge in [0.2, 0.25) is 0 Å². The summed E-state index contributed by atoms with van der Waals surface area (Å²) in [6.07, 6.45) is 0. The third-order valence-electron chi connectivity index (χ3n) is 3.68. The molecular weight excluding hydrogens is 298 g/mol. The summed E-state index contributed by atoms with van der Waals surface area (Å²) in [5.41, 5.74) is 4.76. The molecule has 22 heavy (non-hydrogen) atoms. The predicted molar refractivity (Wildman–Crippen MR) is 89.3 cm³/mol. The number of aliphatic imine (C=N–C) groups is 1. The average Bonchev–Trinajstić information content (AvgIpc) is 2.99. The molecule has 108 valence electrons. The number of aryl methyl sites for hydroxylation is 1. The molecule has 0 spiro atoms. The smallest absolute Gasteiger partial charge is 0.275 e. The minimum Gasteiger partial charge on any atom is -0.359 e. The lowest BCUT2D eigenvalue weighted by Crippen LogP contribution is -2.13. The molecule has 0 unspecified atom stereocenters. The van der Waals surface area contributed by atoms with E-state index in [9.17, 15) is 4.79 Å². The zero-order valence-electron chi connectivity index (χ0n) is 11.8. The Labute approximate surface area is 131 Å². The fourth-order valence-corrected chi connectivity index (χ4v) is 2.87. The zero-order valence-corrected chi connectivity index (χ0v) is 12.5. The Morgan fingerprint density at radius 1 is 1.09 bits per heavy atom. The van der Waals surface area contributed by atoms with Gasteiger partial charge in [0.1, 0.15) is 5.71 Å². The second-order valence-electron chi connectivity index (χ2n) is 5.33. The van der Waals surface area contributed by atoms with Crippen LogP contribution in [0.2, 0.25) is 5.02 Å². The van der Waals surface area contributed by atoms with Gasteiger partial charge in [-0.15, -0.1) is 0 Å². The van der Waals surface area contributed by atoms with Crippen molar-refractivity contribution in [3.63, 3.8) is 0 Å². The molecule has 0 fully saturated rings. The molecule has 0 radical (unpaired) electrons. The standard InChI is InChI=1S/C17H12ClN3O/c1-9-6-10-7-12(3-5-14(10)19-9)20-16-13-8-11(18)2-4-15(13)21-17(16)22/h2-8,19H,1H3,(H,20,21,22).